The third-order valence-corrected chi connectivity index (χ3v) is 2.37. The lowest BCUT2D eigenvalue weighted by Crippen LogP contribution is -2.49. The summed E-state index contributed by atoms with van der Waals surface area (Å²) >= 11 is 0. The average Bonchev–Trinajstić information content (AvgIpc) is 1.87. The summed E-state index contributed by atoms with van der Waals surface area (Å²) < 4.78 is 0. The third-order valence-electron chi connectivity index (χ3n) is 2.37. The maximum Gasteiger partial charge on any atom is 0.153 e. The summed E-state index contributed by atoms with van der Waals surface area (Å²) in [6, 6.07) is 0. The fourth-order valence-electron chi connectivity index (χ4n) is 1.63. The standard InChI is InChI=1S/C9H14O2/c1-6(2)5-9(3)7(10)4-8(9)11/h6H,4-5H2,1-3H3. The first-order valence-electron chi connectivity index (χ1n) is 4.03. The minimum atomic E-state index is -0.617. The molecule has 0 heterocycles. The van der Waals surface area contributed by atoms with Gasteiger partial charge in [0.15, 0.2) is 11.6 Å². The largest absolute Gasteiger partial charge is 0.298 e. The predicted octanol–water partition coefficient (Wildman–Crippen LogP) is 1.58. The Labute approximate surface area is 67.0 Å². The van der Waals surface area contributed by atoms with Crippen LogP contribution in [-0.2, 0) is 9.59 Å². The monoisotopic (exact) mass is 154 g/mol. The van der Waals surface area contributed by atoms with E-state index in [9.17, 15) is 9.59 Å². The van der Waals surface area contributed by atoms with Crippen molar-refractivity contribution in [2.24, 2.45) is 11.3 Å². The molecule has 11 heavy (non-hydrogen) atoms. The normalized spacial score (nSPS) is 22.2. The second kappa shape index (κ2) is 2.43. The van der Waals surface area contributed by atoms with E-state index in [0.29, 0.717) is 12.3 Å². The van der Waals surface area contributed by atoms with Crippen LogP contribution in [0, 0.1) is 11.3 Å². The first kappa shape index (κ1) is 8.44. The molecule has 0 bridgehead atoms. The highest BCUT2D eigenvalue weighted by atomic mass is 16.2. The molecule has 0 N–H and O–H groups in total. The van der Waals surface area contributed by atoms with Gasteiger partial charge in [-0.05, 0) is 19.3 Å². The molecule has 0 radical (unpaired) electrons. The molecule has 1 saturated carbocycles. The zero-order valence-electron chi connectivity index (χ0n) is 7.31. The summed E-state index contributed by atoms with van der Waals surface area (Å²) in [4.78, 5) is 22.2. The fraction of sp³-hybridized carbons (Fsp3) is 0.778. The molecule has 0 amide bonds. The van der Waals surface area contributed by atoms with Crippen LogP contribution >= 0.6 is 0 Å². The summed E-state index contributed by atoms with van der Waals surface area (Å²) in [5.74, 6) is 0.667. The lowest BCUT2D eigenvalue weighted by Gasteiger charge is -2.35. The van der Waals surface area contributed by atoms with E-state index >= 15 is 0 Å². The SMILES string of the molecule is CC(C)CC1(C)C(=O)CC1=O. The van der Waals surface area contributed by atoms with Crippen LogP contribution in [-0.4, -0.2) is 11.6 Å². The minimum Gasteiger partial charge on any atom is -0.298 e. The van der Waals surface area contributed by atoms with Gasteiger partial charge in [-0.1, -0.05) is 13.8 Å². The van der Waals surface area contributed by atoms with Crippen LogP contribution in [0.1, 0.15) is 33.6 Å². The van der Waals surface area contributed by atoms with E-state index < -0.39 is 5.41 Å². The number of rotatable bonds is 2. The maximum absolute atomic E-state index is 11.1. The Morgan fingerprint density at radius 3 is 2.00 bits per heavy atom. The van der Waals surface area contributed by atoms with E-state index in [1.165, 1.54) is 0 Å². The third kappa shape index (κ3) is 1.22. The van der Waals surface area contributed by atoms with Crippen LogP contribution in [0.25, 0.3) is 0 Å². The molecule has 1 rings (SSSR count). The molecule has 2 heteroatoms. The lowest BCUT2D eigenvalue weighted by molar-refractivity contribution is -0.153. The molecule has 0 aliphatic heterocycles. The van der Waals surface area contributed by atoms with Crippen molar-refractivity contribution in [1.29, 1.82) is 0 Å². The Hall–Kier alpha value is -0.660. The molecule has 1 fully saturated rings. The Kier molecular flexibility index (Phi) is 1.87. The summed E-state index contributed by atoms with van der Waals surface area (Å²) in [5.41, 5.74) is -0.617. The topological polar surface area (TPSA) is 34.1 Å². The number of hydrogen-bond acceptors (Lipinski definition) is 2. The fourth-order valence-corrected chi connectivity index (χ4v) is 1.63. The highest BCUT2D eigenvalue weighted by Gasteiger charge is 2.50. The lowest BCUT2D eigenvalue weighted by atomic mass is 9.64. The summed E-state index contributed by atoms with van der Waals surface area (Å²) in [7, 11) is 0. The van der Waals surface area contributed by atoms with Crippen molar-refractivity contribution < 1.29 is 9.59 Å². The van der Waals surface area contributed by atoms with Crippen molar-refractivity contribution in [3.8, 4) is 0 Å². The van der Waals surface area contributed by atoms with E-state index in [2.05, 4.69) is 0 Å². The number of Topliss-reactive ketones (excluding diaryl/α,β-unsaturated/α-hetero) is 2. The molecule has 0 aromatic carbocycles. The van der Waals surface area contributed by atoms with Gasteiger partial charge >= 0.3 is 0 Å². The van der Waals surface area contributed by atoms with Crippen LogP contribution < -0.4 is 0 Å². The summed E-state index contributed by atoms with van der Waals surface area (Å²) in [5, 5.41) is 0. The number of ketones is 2. The van der Waals surface area contributed by atoms with Crippen molar-refractivity contribution in [3.05, 3.63) is 0 Å². The van der Waals surface area contributed by atoms with Gasteiger partial charge in [-0.25, -0.2) is 0 Å². The van der Waals surface area contributed by atoms with Crippen LogP contribution in [0.2, 0.25) is 0 Å². The second-order valence-corrected chi connectivity index (χ2v) is 3.95. The van der Waals surface area contributed by atoms with Crippen molar-refractivity contribution in [2.75, 3.05) is 0 Å². The van der Waals surface area contributed by atoms with Gasteiger partial charge in [0.1, 0.15) is 0 Å². The number of carbonyl (C=O) groups is 2. The number of carbonyl (C=O) groups excluding carboxylic acids is 2. The molecule has 1 aliphatic carbocycles. The number of hydrogen-bond donors (Lipinski definition) is 0. The van der Waals surface area contributed by atoms with Crippen molar-refractivity contribution in [2.45, 2.75) is 33.6 Å². The summed E-state index contributed by atoms with van der Waals surface area (Å²) in [6.07, 6.45) is 0.883. The zero-order valence-corrected chi connectivity index (χ0v) is 7.31. The minimum absolute atomic E-state index is 0.121. The molecule has 0 aromatic rings. The van der Waals surface area contributed by atoms with E-state index in [1.807, 2.05) is 13.8 Å². The Morgan fingerprint density at radius 2 is 1.82 bits per heavy atom. The van der Waals surface area contributed by atoms with Gasteiger partial charge in [0.05, 0.1) is 11.8 Å². The Balaban J connectivity index is 2.66. The van der Waals surface area contributed by atoms with E-state index in [-0.39, 0.29) is 18.0 Å². The van der Waals surface area contributed by atoms with E-state index in [0.717, 1.165) is 0 Å². The second-order valence-electron chi connectivity index (χ2n) is 3.95. The summed E-state index contributed by atoms with van der Waals surface area (Å²) in [6.45, 7) is 5.83. The van der Waals surface area contributed by atoms with Gasteiger partial charge in [-0.3, -0.25) is 9.59 Å². The molecule has 2 nitrogen and oxygen atoms in total. The zero-order chi connectivity index (χ0) is 8.65. The Bertz CT molecular complexity index is 190. The highest BCUT2D eigenvalue weighted by molar-refractivity contribution is 6.24. The van der Waals surface area contributed by atoms with Crippen LogP contribution in [0.3, 0.4) is 0 Å². The molecule has 0 atom stereocenters. The molecule has 1 aliphatic rings. The smallest absolute Gasteiger partial charge is 0.153 e. The van der Waals surface area contributed by atoms with Gasteiger partial charge in [-0.15, -0.1) is 0 Å². The first-order valence-corrected chi connectivity index (χ1v) is 4.03. The van der Waals surface area contributed by atoms with Crippen molar-refractivity contribution >= 4 is 11.6 Å². The molecular weight excluding hydrogens is 140 g/mol. The van der Waals surface area contributed by atoms with Crippen LogP contribution in [0.4, 0.5) is 0 Å². The van der Waals surface area contributed by atoms with Gasteiger partial charge in [0, 0.05) is 0 Å². The van der Waals surface area contributed by atoms with Crippen LogP contribution in [0.15, 0.2) is 0 Å². The quantitative estimate of drug-likeness (QED) is 0.566. The molecule has 0 unspecified atom stereocenters. The van der Waals surface area contributed by atoms with Crippen LogP contribution in [0.5, 0.6) is 0 Å². The van der Waals surface area contributed by atoms with Crippen molar-refractivity contribution in [1.82, 2.24) is 0 Å². The van der Waals surface area contributed by atoms with Gasteiger partial charge in [-0.2, -0.15) is 0 Å². The molecular formula is C9H14O2. The molecule has 0 spiro atoms. The predicted molar refractivity (Wildman–Crippen MR) is 42.2 cm³/mol. The molecule has 0 saturated heterocycles. The Morgan fingerprint density at radius 1 is 1.36 bits per heavy atom. The van der Waals surface area contributed by atoms with E-state index in [1.54, 1.807) is 6.92 Å². The molecule has 0 aromatic heterocycles. The highest BCUT2D eigenvalue weighted by Crippen LogP contribution is 2.38. The van der Waals surface area contributed by atoms with Crippen molar-refractivity contribution in [3.63, 3.8) is 0 Å². The van der Waals surface area contributed by atoms with Gasteiger partial charge < -0.3 is 0 Å². The van der Waals surface area contributed by atoms with Gasteiger partial charge in [0.2, 0.25) is 0 Å². The molecule has 62 valence electrons. The first-order chi connectivity index (χ1) is 4.97. The van der Waals surface area contributed by atoms with E-state index in [4.69, 9.17) is 0 Å². The van der Waals surface area contributed by atoms with Gasteiger partial charge in [0.25, 0.3) is 0 Å². The maximum atomic E-state index is 11.1. The average molecular weight is 154 g/mol.